The van der Waals surface area contributed by atoms with Crippen molar-refractivity contribution >= 4 is 11.8 Å². The van der Waals surface area contributed by atoms with Crippen LogP contribution in [0.3, 0.4) is 0 Å². The molecule has 0 spiro atoms. The van der Waals surface area contributed by atoms with Crippen molar-refractivity contribution in [1.29, 1.82) is 0 Å². The number of alkyl halides is 2. The molecule has 0 radical (unpaired) electrons. The molecular weight excluding hydrogens is 192 g/mol. The molecule has 3 nitrogen and oxygen atoms in total. The number of nitrogens with zero attached hydrogens (tertiary/aromatic N) is 1. The summed E-state index contributed by atoms with van der Waals surface area (Å²) in [4.78, 5) is 9.66. The molecule has 0 saturated carbocycles. The zero-order valence-corrected chi connectivity index (χ0v) is 7.11. The van der Waals surface area contributed by atoms with Crippen LogP contribution in [0.2, 0.25) is 0 Å². The van der Waals surface area contributed by atoms with E-state index in [4.69, 9.17) is 0 Å². The van der Waals surface area contributed by atoms with Crippen LogP contribution in [-0.2, 0) is 0 Å². The second kappa shape index (κ2) is 3.95. The van der Waals surface area contributed by atoms with E-state index in [1.807, 2.05) is 0 Å². The Kier molecular flexibility index (Phi) is 2.91. The molecule has 0 bridgehead atoms. The molecule has 0 aromatic heterocycles. The Bertz CT molecular complexity index is 377. The molecule has 0 aliphatic heterocycles. The molecule has 74 valence electrons. The lowest BCUT2D eigenvalue weighted by atomic mass is 10.1. The number of nitro benzene ring substituents is 1. The minimum absolute atomic E-state index is 0.314. The summed E-state index contributed by atoms with van der Waals surface area (Å²) < 4.78 is 24.5. The maximum atomic E-state index is 12.3. The molecule has 1 aromatic rings. The normalized spacial score (nSPS) is 10.2. The molecule has 14 heavy (non-hydrogen) atoms. The van der Waals surface area contributed by atoms with Crippen LogP contribution in [0.5, 0.6) is 0 Å². The molecule has 0 aliphatic rings. The second-order valence-corrected chi connectivity index (χ2v) is 2.62. The van der Waals surface area contributed by atoms with Gasteiger partial charge in [-0.2, -0.15) is 0 Å². The Morgan fingerprint density at radius 3 is 2.50 bits per heavy atom. The van der Waals surface area contributed by atoms with Crippen molar-refractivity contribution in [3.05, 3.63) is 46.0 Å². The largest absolute Gasteiger partial charge is 0.270 e. The van der Waals surface area contributed by atoms with Gasteiger partial charge in [0, 0.05) is 17.7 Å². The average molecular weight is 199 g/mol. The number of hydrogen-bond acceptors (Lipinski definition) is 2. The first kappa shape index (κ1) is 10.3. The van der Waals surface area contributed by atoms with Gasteiger partial charge in [0.25, 0.3) is 12.1 Å². The summed E-state index contributed by atoms with van der Waals surface area (Å²) in [5.41, 5.74) is -0.402. The van der Waals surface area contributed by atoms with E-state index in [-0.39, 0.29) is 11.3 Å². The molecule has 0 aliphatic carbocycles. The van der Waals surface area contributed by atoms with E-state index in [0.717, 1.165) is 6.07 Å². The minimum atomic E-state index is -2.71. The Morgan fingerprint density at radius 1 is 1.43 bits per heavy atom. The van der Waals surface area contributed by atoms with Crippen LogP contribution in [0.1, 0.15) is 17.6 Å². The summed E-state index contributed by atoms with van der Waals surface area (Å²) >= 11 is 0. The molecular formula is C9H7F2NO2. The Balaban J connectivity index is 3.27. The lowest BCUT2D eigenvalue weighted by Crippen LogP contribution is -1.92. The fraction of sp³-hybridized carbons (Fsp3) is 0.111. The van der Waals surface area contributed by atoms with Gasteiger partial charge in [0.15, 0.2) is 0 Å². The molecule has 1 rings (SSSR count). The first-order valence-electron chi connectivity index (χ1n) is 3.74. The number of rotatable bonds is 3. The highest BCUT2D eigenvalue weighted by atomic mass is 19.3. The van der Waals surface area contributed by atoms with E-state index < -0.39 is 11.3 Å². The van der Waals surface area contributed by atoms with Crippen LogP contribution in [0, 0.1) is 10.1 Å². The monoisotopic (exact) mass is 199 g/mol. The van der Waals surface area contributed by atoms with Crippen molar-refractivity contribution < 1.29 is 13.7 Å². The molecule has 5 heteroatoms. The first-order valence-corrected chi connectivity index (χ1v) is 3.74. The van der Waals surface area contributed by atoms with Crippen molar-refractivity contribution in [3.63, 3.8) is 0 Å². The molecule has 0 fully saturated rings. The van der Waals surface area contributed by atoms with Gasteiger partial charge in [0.2, 0.25) is 0 Å². The number of halogens is 2. The fourth-order valence-electron chi connectivity index (χ4n) is 1.01. The fourth-order valence-corrected chi connectivity index (χ4v) is 1.01. The van der Waals surface area contributed by atoms with Gasteiger partial charge in [0.05, 0.1) is 4.92 Å². The minimum Gasteiger partial charge on any atom is -0.258 e. The number of benzene rings is 1. The Hall–Kier alpha value is -1.78. The summed E-state index contributed by atoms with van der Waals surface area (Å²) in [5.74, 6) is 0. The van der Waals surface area contributed by atoms with Crippen LogP contribution in [-0.4, -0.2) is 4.92 Å². The number of hydrogen-bond donors (Lipinski definition) is 0. The van der Waals surface area contributed by atoms with Crippen molar-refractivity contribution in [2.75, 3.05) is 0 Å². The molecule has 0 N–H and O–H groups in total. The van der Waals surface area contributed by atoms with Gasteiger partial charge >= 0.3 is 0 Å². The molecule has 0 unspecified atom stereocenters. The van der Waals surface area contributed by atoms with Crippen LogP contribution in [0.15, 0.2) is 24.8 Å². The maximum absolute atomic E-state index is 12.3. The average Bonchev–Trinajstić information content (AvgIpc) is 2.16. The highest BCUT2D eigenvalue weighted by Crippen LogP contribution is 2.25. The first-order chi connectivity index (χ1) is 6.54. The Labute approximate surface area is 78.8 Å². The number of nitro groups is 1. The van der Waals surface area contributed by atoms with E-state index in [2.05, 4.69) is 6.58 Å². The predicted octanol–water partition coefficient (Wildman–Crippen LogP) is 3.18. The zero-order valence-electron chi connectivity index (χ0n) is 7.11. The molecule has 0 saturated heterocycles. The van der Waals surface area contributed by atoms with Crippen LogP contribution < -0.4 is 0 Å². The van der Waals surface area contributed by atoms with Crippen molar-refractivity contribution in [3.8, 4) is 0 Å². The lowest BCUT2D eigenvalue weighted by Gasteiger charge is -2.01. The van der Waals surface area contributed by atoms with E-state index in [0.29, 0.717) is 5.56 Å². The van der Waals surface area contributed by atoms with Crippen molar-refractivity contribution in [1.82, 2.24) is 0 Å². The van der Waals surface area contributed by atoms with Gasteiger partial charge in [-0.25, -0.2) is 8.78 Å². The molecule has 0 heterocycles. The maximum Gasteiger partial charge on any atom is 0.270 e. The summed E-state index contributed by atoms with van der Waals surface area (Å²) in [6.45, 7) is 3.36. The quantitative estimate of drug-likeness (QED) is 0.554. The number of non-ortho nitro benzene ring substituents is 1. The van der Waals surface area contributed by atoms with Gasteiger partial charge in [-0.1, -0.05) is 12.7 Å². The highest BCUT2D eigenvalue weighted by molar-refractivity contribution is 5.54. The standard InChI is InChI=1S/C9H7F2NO2/c1-2-6-3-7(9(10)11)5-8(4-6)12(13)14/h2-5,9H,1H2. The van der Waals surface area contributed by atoms with Gasteiger partial charge < -0.3 is 0 Å². The van der Waals surface area contributed by atoms with Gasteiger partial charge in [0.1, 0.15) is 0 Å². The third-order valence-corrected chi connectivity index (χ3v) is 1.66. The van der Waals surface area contributed by atoms with Crippen molar-refractivity contribution in [2.24, 2.45) is 0 Å². The summed E-state index contributed by atoms with van der Waals surface area (Å²) in [6, 6.07) is 3.22. The third kappa shape index (κ3) is 2.12. The smallest absolute Gasteiger partial charge is 0.258 e. The predicted molar refractivity (Wildman–Crippen MR) is 48.1 cm³/mol. The highest BCUT2D eigenvalue weighted by Gasteiger charge is 2.14. The summed E-state index contributed by atoms with van der Waals surface area (Å²) in [6.07, 6.45) is -1.42. The molecule has 0 atom stereocenters. The van der Waals surface area contributed by atoms with Crippen LogP contribution >= 0.6 is 0 Å². The lowest BCUT2D eigenvalue weighted by molar-refractivity contribution is -0.385. The van der Waals surface area contributed by atoms with Gasteiger partial charge in [-0.05, 0) is 11.6 Å². The van der Waals surface area contributed by atoms with Crippen molar-refractivity contribution in [2.45, 2.75) is 6.43 Å². The summed E-state index contributed by atoms with van der Waals surface area (Å²) in [7, 11) is 0. The van der Waals surface area contributed by atoms with E-state index >= 15 is 0 Å². The summed E-state index contributed by atoms with van der Waals surface area (Å²) in [5, 5.41) is 10.4. The van der Waals surface area contributed by atoms with E-state index in [9.17, 15) is 18.9 Å². The van der Waals surface area contributed by atoms with E-state index in [1.165, 1.54) is 18.2 Å². The molecule has 1 aromatic carbocycles. The SMILES string of the molecule is C=Cc1cc(C(F)F)cc([N+](=O)[O-])c1. The van der Waals surface area contributed by atoms with E-state index in [1.54, 1.807) is 0 Å². The Morgan fingerprint density at radius 2 is 2.07 bits per heavy atom. The topological polar surface area (TPSA) is 43.1 Å². The van der Waals surface area contributed by atoms with Crippen LogP contribution in [0.4, 0.5) is 14.5 Å². The van der Waals surface area contributed by atoms with Gasteiger partial charge in [-0.15, -0.1) is 0 Å². The zero-order chi connectivity index (χ0) is 10.7. The molecule has 0 amide bonds. The second-order valence-electron chi connectivity index (χ2n) is 2.62. The van der Waals surface area contributed by atoms with Gasteiger partial charge in [-0.3, -0.25) is 10.1 Å². The third-order valence-electron chi connectivity index (χ3n) is 1.66. The van der Waals surface area contributed by atoms with Crippen LogP contribution in [0.25, 0.3) is 6.08 Å².